The van der Waals surface area contributed by atoms with Crippen molar-refractivity contribution in [2.75, 3.05) is 6.61 Å². The molecule has 4 nitrogen and oxygen atoms in total. The highest BCUT2D eigenvalue weighted by Gasteiger charge is 2.44. The highest BCUT2D eigenvalue weighted by molar-refractivity contribution is 6.01. The normalized spacial score (nSPS) is 20.7. The number of rotatable bonds is 3. The van der Waals surface area contributed by atoms with Crippen molar-refractivity contribution in [3.8, 4) is 11.5 Å². The van der Waals surface area contributed by atoms with Crippen LogP contribution in [-0.4, -0.2) is 23.1 Å². The molecule has 2 aliphatic rings. The van der Waals surface area contributed by atoms with Crippen molar-refractivity contribution in [2.45, 2.75) is 39.0 Å². The van der Waals surface area contributed by atoms with Gasteiger partial charge in [-0.05, 0) is 44.5 Å². The smallest absolute Gasteiger partial charge is 0.192 e. The van der Waals surface area contributed by atoms with Crippen LogP contribution in [0.4, 0.5) is 0 Å². The fourth-order valence-electron chi connectivity index (χ4n) is 3.51. The molecule has 1 unspecified atom stereocenters. The minimum absolute atomic E-state index is 0.180. The Hall–Kier alpha value is -2.49. The van der Waals surface area contributed by atoms with Gasteiger partial charge < -0.3 is 9.47 Å². The molecule has 0 bridgehead atoms. The van der Waals surface area contributed by atoms with Gasteiger partial charge >= 0.3 is 0 Å². The molecule has 0 saturated heterocycles. The van der Waals surface area contributed by atoms with Crippen LogP contribution in [0.2, 0.25) is 0 Å². The maximum atomic E-state index is 6.21. The van der Waals surface area contributed by atoms with Gasteiger partial charge in [0, 0.05) is 12.0 Å². The second-order valence-electron chi connectivity index (χ2n) is 6.66. The average Bonchev–Trinajstić information content (AvgIpc) is 3.03. The van der Waals surface area contributed by atoms with Gasteiger partial charge in [-0.3, -0.25) is 0 Å². The van der Waals surface area contributed by atoms with E-state index >= 15 is 0 Å². The van der Waals surface area contributed by atoms with Crippen LogP contribution in [0.3, 0.4) is 0 Å². The molecule has 0 fully saturated rings. The minimum atomic E-state index is -0.471. The highest BCUT2D eigenvalue weighted by atomic mass is 16.5. The Morgan fingerprint density at radius 3 is 2.75 bits per heavy atom. The van der Waals surface area contributed by atoms with Crippen LogP contribution < -0.4 is 9.47 Å². The van der Waals surface area contributed by atoms with E-state index in [1.54, 1.807) is 0 Å². The third-order valence-corrected chi connectivity index (χ3v) is 4.58. The van der Waals surface area contributed by atoms with Crippen LogP contribution in [0, 0.1) is 0 Å². The first-order valence-corrected chi connectivity index (χ1v) is 8.46. The Morgan fingerprint density at radius 1 is 1.21 bits per heavy atom. The van der Waals surface area contributed by atoms with Gasteiger partial charge in [-0.1, -0.05) is 30.3 Å². The molecule has 0 radical (unpaired) electrons. The van der Waals surface area contributed by atoms with Gasteiger partial charge in [-0.15, -0.1) is 0 Å². The van der Waals surface area contributed by atoms with E-state index in [0.29, 0.717) is 6.61 Å². The van der Waals surface area contributed by atoms with E-state index < -0.39 is 5.72 Å². The summed E-state index contributed by atoms with van der Waals surface area (Å²) in [4.78, 5) is 0. The van der Waals surface area contributed by atoms with Gasteiger partial charge in [0.05, 0.1) is 18.4 Å². The number of ether oxygens (including phenoxy) is 2. The summed E-state index contributed by atoms with van der Waals surface area (Å²) >= 11 is 0. The Bertz CT molecular complexity index is 783. The summed E-state index contributed by atoms with van der Waals surface area (Å²) < 4.78 is 11.9. The quantitative estimate of drug-likeness (QED) is 0.842. The number of benzene rings is 2. The maximum absolute atomic E-state index is 6.21. The molecule has 1 atom stereocenters. The first kappa shape index (κ1) is 15.1. The Labute approximate surface area is 142 Å². The Kier molecular flexibility index (Phi) is 3.48. The number of fused-ring (bicyclic) bond motifs is 3. The van der Waals surface area contributed by atoms with E-state index in [1.807, 2.05) is 25.1 Å². The molecule has 0 aromatic heterocycles. The molecule has 0 N–H and O–H groups in total. The van der Waals surface area contributed by atoms with E-state index in [4.69, 9.17) is 14.6 Å². The topological polar surface area (TPSA) is 34.1 Å². The molecule has 4 heteroatoms. The van der Waals surface area contributed by atoms with E-state index in [2.05, 4.69) is 49.2 Å². The maximum Gasteiger partial charge on any atom is 0.192 e. The summed E-state index contributed by atoms with van der Waals surface area (Å²) in [5, 5.41) is 6.98. The predicted molar refractivity (Wildman–Crippen MR) is 94.5 cm³/mol. The first-order valence-electron chi connectivity index (χ1n) is 8.46. The molecule has 24 heavy (non-hydrogen) atoms. The van der Waals surface area contributed by atoms with Crippen LogP contribution in [-0.2, 0) is 0 Å². The lowest BCUT2D eigenvalue weighted by molar-refractivity contribution is -0.0912. The van der Waals surface area contributed by atoms with Gasteiger partial charge in [-0.2, -0.15) is 5.10 Å². The SMILES string of the molecule is CCOc1ccc2c(c1)C1CC(c3ccccc3)=NN1C(C)(C)O2. The molecule has 124 valence electrons. The van der Waals surface area contributed by atoms with Crippen LogP contribution in [0.15, 0.2) is 53.6 Å². The van der Waals surface area contributed by atoms with Gasteiger partial charge in [0.1, 0.15) is 11.5 Å². The minimum Gasteiger partial charge on any atom is -0.494 e. The van der Waals surface area contributed by atoms with Gasteiger partial charge in [0.25, 0.3) is 0 Å². The molecule has 2 aromatic carbocycles. The number of hydrogen-bond donors (Lipinski definition) is 0. The van der Waals surface area contributed by atoms with Crippen LogP contribution in [0.1, 0.15) is 44.4 Å². The fourth-order valence-corrected chi connectivity index (χ4v) is 3.51. The Morgan fingerprint density at radius 2 is 2.00 bits per heavy atom. The van der Waals surface area contributed by atoms with Crippen LogP contribution in [0.25, 0.3) is 0 Å². The lowest BCUT2D eigenvalue weighted by atomic mass is 9.95. The van der Waals surface area contributed by atoms with Crippen molar-refractivity contribution in [3.63, 3.8) is 0 Å². The zero-order valence-corrected chi connectivity index (χ0v) is 14.3. The van der Waals surface area contributed by atoms with Crippen molar-refractivity contribution in [1.82, 2.24) is 5.01 Å². The molecule has 0 amide bonds. The van der Waals surface area contributed by atoms with E-state index in [-0.39, 0.29) is 6.04 Å². The molecule has 0 spiro atoms. The van der Waals surface area contributed by atoms with Gasteiger partial charge in [0.2, 0.25) is 0 Å². The summed E-state index contributed by atoms with van der Waals surface area (Å²) in [6, 6.07) is 16.6. The summed E-state index contributed by atoms with van der Waals surface area (Å²) in [5.74, 6) is 1.81. The molecular formula is C20H22N2O2. The summed E-state index contributed by atoms with van der Waals surface area (Å²) in [6.45, 7) is 6.79. The Balaban J connectivity index is 1.74. The van der Waals surface area contributed by atoms with Gasteiger partial charge in [0.15, 0.2) is 5.72 Å². The van der Waals surface area contributed by atoms with E-state index in [0.717, 1.165) is 29.2 Å². The molecule has 2 aromatic rings. The molecular weight excluding hydrogens is 300 g/mol. The third-order valence-electron chi connectivity index (χ3n) is 4.58. The van der Waals surface area contributed by atoms with Crippen molar-refractivity contribution in [3.05, 3.63) is 59.7 Å². The molecule has 2 heterocycles. The molecule has 4 rings (SSSR count). The molecule has 0 saturated carbocycles. The second kappa shape index (κ2) is 5.55. The van der Waals surface area contributed by atoms with Crippen molar-refractivity contribution < 1.29 is 9.47 Å². The molecule has 0 aliphatic carbocycles. The number of nitrogens with zero attached hydrogens (tertiary/aromatic N) is 2. The van der Waals surface area contributed by atoms with E-state index in [1.165, 1.54) is 5.56 Å². The van der Waals surface area contributed by atoms with Crippen molar-refractivity contribution >= 4 is 5.71 Å². The monoisotopic (exact) mass is 322 g/mol. The van der Waals surface area contributed by atoms with E-state index in [9.17, 15) is 0 Å². The second-order valence-corrected chi connectivity index (χ2v) is 6.66. The molecule has 2 aliphatic heterocycles. The zero-order chi connectivity index (χ0) is 16.7. The average molecular weight is 322 g/mol. The summed E-state index contributed by atoms with van der Waals surface area (Å²) in [5.41, 5.74) is 2.95. The third kappa shape index (κ3) is 2.42. The number of hydrogen-bond acceptors (Lipinski definition) is 4. The van der Waals surface area contributed by atoms with Crippen LogP contribution >= 0.6 is 0 Å². The summed E-state index contributed by atoms with van der Waals surface area (Å²) in [6.07, 6.45) is 0.874. The standard InChI is InChI=1S/C20H22N2O2/c1-4-23-15-10-11-19-16(12-15)18-13-17(14-8-6-5-7-9-14)21-22(18)20(2,3)24-19/h5-12,18H,4,13H2,1-3H3. The number of hydrazone groups is 1. The summed E-state index contributed by atoms with van der Waals surface area (Å²) in [7, 11) is 0. The van der Waals surface area contributed by atoms with Crippen molar-refractivity contribution in [2.24, 2.45) is 5.10 Å². The lowest BCUT2D eigenvalue weighted by Crippen LogP contribution is -2.48. The first-order chi connectivity index (χ1) is 11.6. The lowest BCUT2D eigenvalue weighted by Gasteiger charge is -2.43. The fraction of sp³-hybridized carbons (Fsp3) is 0.350. The van der Waals surface area contributed by atoms with Crippen molar-refractivity contribution in [1.29, 1.82) is 0 Å². The zero-order valence-electron chi connectivity index (χ0n) is 14.3. The van der Waals surface area contributed by atoms with Gasteiger partial charge in [-0.25, -0.2) is 5.01 Å². The van der Waals surface area contributed by atoms with Crippen LogP contribution in [0.5, 0.6) is 11.5 Å². The largest absolute Gasteiger partial charge is 0.494 e. The predicted octanol–water partition coefficient (Wildman–Crippen LogP) is 4.36. The highest BCUT2D eigenvalue weighted by Crippen LogP contribution is 2.47.